The Kier molecular flexibility index (Phi) is 7.40. The van der Waals surface area contributed by atoms with Crippen molar-refractivity contribution >= 4 is 17.9 Å². The number of aliphatic hydroxyl groups is 1. The minimum atomic E-state index is -1.37. The number of nitrogens with two attached hydrogens (primary N) is 2. The largest absolute Gasteiger partial charge is 0.480 e. The van der Waals surface area contributed by atoms with Gasteiger partial charge < -0.3 is 32.3 Å². The van der Waals surface area contributed by atoms with E-state index >= 15 is 0 Å². The zero-order chi connectivity index (χ0) is 14.1. The molecular formula is C9H18N4O5. The first-order chi connectivity index (χ1) is 8.38. The van der Waals surface area contributed by atoms with Gasteiger partial charge in [0.05, 0.1) is 12.6 Å². The number of hydrogen-bond donors (Lipinski definition) is 6. The zero-order valence-electron chi connectivity index (χ0n) is 9.76. The molecule has 0 fully saturated rings. The van der Waals surface area contributed by atoms with Crippen molar-refractivity contribution in [1.82, 2.24) is 10.6 Å². The summed E-state index contributed by atoms with van der Waals surface area (Å²) in [6.07, 6.45) is 0.679. The van der Waals surface area contributed by atoms with Gasteiger partial charge in [-0.15, -0.1) is 0 Å². The van der Waals surface area contributed by atoms with E-state index < -0.39 is 36.6 Å². The van der Waals surface area contributed by atoms with Crippen molar-refractivity contribution in [2.24, 2.45) is 11.5 Å². The molecule has 0 bridgehead atoms. The number of carboxylic acids is 1. The summed E-state index contributed by atoms with van der Waals surface area (Å²) in [6.45, 7) is -0.435. The molecule has 0 aliphatic heterocycles. The molecule has 9 heteroatoms. The van der Waals surface area contributed by atoms with Crippen molar-refractivity contribution in [1.29, 1.82) is 0 Å². The Labute approximate surface area is 104 Å². The Bertz CT molecular complexity index is 309. The lowest BCUT2D eigenvalue weighted by atomic mass is 10.1. The molecule has 9 nitrogen and oxygen atoms in total. The normalized spacial score (nSPS) is 13.4. The van der Waals surface area contributed by atoms with Crippen LogP contribution in [-0.2, 0) is 9.59 Å². The maximum absolute atomic E-state index is 11.4. The lowest BCUT2D eigenvalue weighted by Crippen LogP contribution is -2.50. The van der Waals surface area contributed by atoms with E-state index in [0.29, 0.717) is 6.42 Å². The van der Waals surface area contributed by atoms with E-state index in [4.69, 9.17) is 21.7 Å². The fraction of sp³-hybridized carbons (Fsp3) is 0.667. The highest BCUT2D eigenvalue weighted by Crippen LogP contribution is 1.95. The SMILES string of the molecule is NC(=O)NCCC[C@H](N)C(=O)N[C@@H](CO)C(=O)O. The van der Waals surface area contributed by atoms with Gasteiger partial charge in [-0.2, -0.15) is 0 Å². The molecule has 0 aliphatic rings. The number of carbonyl (C=O) groups is 3. The molecule has 8 N–H and O–H groups in total. The molecule has 0 unspecified atom stereocenters. The minimum absolute atomic E-state index is 0.254. The van der Waals surface area contributed by atoms with Crippen molar-refractivity contribution in [3.63, 3.8) is 0 Å². The number of rotatable bonds is 8. The van der Waals surface area contributed by atoms with Gasteiger partial charge >= 0.3 is 12.0 Å². The second kappa shape index (κ2) is 8.25. The molecule has 104 valence electrons. The standard InChI is InChI=1S/C9H18N4O5/c10-5(2-1-3-12-9(11)18)7(15)13-6(4-14)8(16)17/h5-6,14H,1-4,10H2,(H,13,15)(H,16,17)(H3,11,12,18)/t5-,6-/m0/s1. The van der Waals surface area contributed by atoms with Crippen LogP contribution in [0.15, 0.2) is 0 Å². The quantitative estimate of drug-likeness (QED) is 0.260. The summed E-state index contributed by atoms with van der Waals surface area (Å²) in [5, 5.41) is 21.7. The number of carbonyl (C=O) groups excluding carboxylic acids is 2. The fourth-order valence-electron chi connectivity index (χ4n) is 1.13. The van der Waals surface area contributed by atoms with Gasteiger partial charge in [-0.25, -0.2) is 9.59 Å². The Morgan fingerprint density at radius 1 is 1.28 bits per heavy atom. The molecule has 0 saturated heterocycles. The summed E-state index contributed by atoms with van der Waals surface area (Å²) in [4.78, 5) is 32.3. The summed E-state index contributed by atoms with van der Waals surface area (Å²) < 4.78 is 0. The lowest BCUT2D eigenvalue weighted by Gasteiger charge is -2.16. The molecule has 0 aromatic rings. The van der Waals surface area contributed by atoms with E-state index in [1.807, 2.05) is 0 Å². The van der Waals surface area contributed by atoms with E-state index in [2.05, 4.69) is 10.6 Å². The Morgan fingerprint density at radius 3 is 2.33 bits per heavy atom. The first-order valence-electron chi connectivity index (χ1n) is 5.31. The lowest BCUT2D eigenvalue weighted by molar-refractivity contribution is -0.143. The molecule has 0 radical (unpaired) electrons. The van der Waals surface area contributed by atoms with Gasteiger partial charge in [0.15, 0.2) is 0 Å². The third-order valence-electron chi connectivity index (χ3n) is 2.13. The molecule has 0 saturated carbocycles. The number of carboxylic acid groups (broad SMARTS) is 1. The number of urea groups is 1. The monoisotopic (exact) mass is 262 g/mol. The van der Waals surface area contributed by atoms with Crippen LogP contribution >= 0.6 is 0 Å². The van der Waals surface area contributed by atoms with Crippen LogP contribution in [0.1, 0.15) is 12.8 Å². The van der Waals surface area contributed by atoms with E-state index in [1.165, 1.54) is 0 Å². The predicted molar refractivity (Wildman–Crippen MR) is 61.4 cm³/mol. The van der Waals surface area contributed by atoms with Gasteiger partial charge in [0.1, 0.15) is 6.04 Å². The molecule has 2 atom stereocenters. The number of aliphatic carboxylic acids is 1. The summed E-state index contributed by atoms with van der Waals surface area (Å²) >= 11 is 0. The summed E-state index contributed by atoms with van der Waals surface area (Å²) in [5.41, 5.74) is 10.3. The second-order valence-electron chi connectivity index (χ2n) is 3.62. The average Bonchev–Trinajstić information content (AvgIpc) is 2.30. The molecule has 0 spiro atoms. The maximum atomic E-state index is 11.4. The first-order valence-corrected chi connectivity index (χ1v) is 5.31. The van der Waals surface area contributed by atoms with Crippen LogP contribution in [-0.4, -0.2) is 53.4 Å². The van der Waals surface area contributed by atoms with Gasteiger partial charge in [-0.05, 0) is 12.8 Å². The van der Waals surface area contributed by atoms with Gasteiger partial charge in [0, 0.05) is 6.54 Å². The first kappa shape index (κ1) is 16.1. The molecule has 0 aliphatic carbocycles. The van der Waals surface area contributed by atoms with E-state index in [1.54, 1.807) is 0 Å². The maximum Gasteiger partial charge on any atom is 0.328 e. The topological polar surface area (TPSA) is 168 Å². The Morgan fingerprint density at radius 2 is 1.89 bits per heavy atom. The van der Waals surface area contributed by atoms with E-state index in [-0.39, 0.29) is 13.0 Å². The third kappa shape index (κ3) is 6.66. The van der Waals surface area contributed by atoms with E-state index in [0.717, 1.165) is 0 Å². The molecule has 18 heavy (non-hydrogen) atoms. The second-order valence-corrected chi connectivity index (χ2v) is 3.62. The Hall–Kier alpha value is -1.87. The molecule has 0 aromatic carbocycles. The number of amides is 3. The van der Waals surface area contributed by atoms with Crippen LogP contribution in [0.4, 0.5) is 4.79 Å². The van der Waals surface area contributed by atoms with Crippen molar-refractivity contribution in [2.75, 3.05) is 13.2 Å². The third-order valence-corrected chi connectivity index (χ3v) is 2.13. The van der Waals surface area contributed by atoms with Gasteiger partial charge in [-0.3, -0.25) is 4.79 Å². The smallest absolute Gasteiger partial charge is 0.328 e. The number of hydrogen-bond acceptors (Lipinski definition) is 5. The average molecular weight is 262 g/mol. The van der Waals surface area contributed by atoms with Crippen LogP contribution in [0.25, 0.3) is 0 Å². The van der Waals surface area contributed by atoms with Crippen molar-refractivity contribution in [3.8, 4) is 0 Å². The van der Waals surface area contributed by atoms with E-state index in [9.17, 15) is 14.4 Å². The summed E-state index contributed by atoms with van der Waals surface area (Å²) in [6, 6.07) is -2.94. The zero-order valence-corrected chi connectivity index (χ0v) is 9.76. The molecule has 0 heterocycles. The highest BCUT2D eigenvalue weighted by molar-refractivity contribution is 5.86. The van der Waals surface area contributed by atoms with Crippen molar-refractivity contribution in [3.05, 3.63) is 0 Å². The molecular weight excluding hydrogens is 244 g/mol. The number of nitrogens with one attached hydrogen (secondary N) is 2. The molecule has 3 amide bonds. The van der Waals surface area contributed by atoms with Crippen molar-refractivity contribution in [2.45, 2.75) is 24.9 Å². The van der Waals surface area contributed by atoms with Gasteiger partial charge in [0.2, 0.25) is 5.91 Å². The Balaban J connectivity index is 3.95. The fourth-order valence-corrected chi connectivity index (χ4v) is 1.13. The molecule has 0 aromatic heterocycles. The van der Waals surface area contributed by atoms with Crippen LogP contribution in [0.2, 0.25) is 0 Å². The number of aliphatic hydroxyl groups excluding tert-OH is 1. The number of primary amides is 1. The highest BCUT2D eigenvalue weighted by atomic mass is 16.4. The molecule has 0 rings (SSSR count). The minimum Gasteiger partial charge on any atom is -0.480 e. The van der Waals surface area contributed by atoms with Crippen LogP contribution in [0, 0.1) is 0 Å². The van der Waals surface area contributed by atoms with Crippen LogP contribution < -0.4 is 22.1 Å². The highest BCUT2D eigenvalue weighted by Gasteiger charge is 2.22. The summed E-state index contributed by atoms with van der Waals surface area (Å²) in [5.74, 6) is -2.01. The van der Waals surface area contributed by atoms with Crippen LogP contribution in [0.5, 0.6) is 0 Å². The van der Waals surface area contributed by atoms with Gasteiger partial charge in [0.25, 0.3) is 0 Å². The van der Waals surface area contributed by atoms with Gasteiger partial charge in [-0.1, -0.05) is 0 Å². The summed E-state index contributed by atoms with van der Waals surface area (Å²) in [7, 11) is 0. The van der Waals surface area contributed by atoms with Crippen molar-refractivity contribution < 1.29 is 24.6 Å². The predicted octanol–water partition coefficient (Wildman–Crippen LogP) is -2.68. The van der Waals surface area contributed by atoms with Crippen LogP contribution in [0.3, 0.4) is 0 Å².